The molecule has 0 spiro atoms. The van der Waals surface area contributed by atoms with Crippen LogP contribution in [0.15, 0.2) is 12.2 Å². The Hall–Kier alpha value is -1.41. The van der Waals surface area contributed by atoms with Crippen LogP contribution < -0.4 is 0 Å². The molecule has 0 aliphatic heterocycles. The molecule has 0 atom stereocenters. The Balaban J connectivity index is 0. The van der Waals surface area contributed by atoms with Gasteiger partial charge in [-0.05, 0) is 6.92 Å². The lowest BCUT2D eigenvalue weighted by atomic mass is 10.2. The minimum atomic E-state index is -0.225. The molecule has 0 fully saturated rings. The molecule has 0 aromatic heterocycles. The van der Waals surface area contributed by atoms with Crippen LogP contribution >= 0.6 is 0 Å². The summed E-state index contributed by atoms with van der Waals surface area (Å²) in [6.45, 7) is 5.33. The average molecular weight is 158 g/mol. The van der Waals surface area contributed by atoms with E-state index in [2.05, 4.69) is 11.3 Å². The fourth-order valence-electron chi connectivity index (χ4n) is 0.319. The van der Waals surface area contributed by atoms with Crippen molar-refractivity contribution in [2.75, 3.05) is 7.11 Å². The molecule has 0 aromatic rings. The number of rotatable bonds is 2. The predicted octanol–water partition coefficient (Wildman–Crippen LogP) is 0.542. The van der Waals surface area contributed by atoms with Crippen LogP contribution in [0.5, 0.6) is 0 Å². The number of ether oxygens (including phenoxy) is 1. The molecule has 0 aliphatic carbocycles. The standard InChI is InChI=1S/C6H10O2.CO2/c1-5(2)4-6(7)8-3;2-1-3/h1,4H2,2-3H3;. The van der Waals surface area contributed by atoms with Gasteiger partial charge in [-0.15, -0.1) is 0 Å². The first kappa shape index (κ1) is 12.3. The Morgan fingerprint density at radius 1 is 1.55 bits per heavy atom. The Morgan fingerprint density at radius 2 is 1.91 bits per heavy atom. The highest BCUT2D eigenvalue weighted by molar-refractivity contribution is 5.71. The van der Waals surface area contributed by atoms with Gasteiger partial charge in [0.25, 0.3) is 0 Å². The van der Waals surface area contributed by atoms with Gasteiger partial charge in [0.05, 0.1) is 13.5 Å². The van der Waals surface area contributed by atoms with Crippen molar-refractivity contribution < 1.29 is 19.1 Å². The van der Waals surface area contributed by atoms with E-state index < -0.39 is 0 Å². The van der Waals surface area contributed by atoms with Crippen LogP contribution in [0.3, 0.4) is 0 Å². The number of hydrogen-bond donors (Lipinski definition) is 0. The van der Waals surface area contributed by atoms with E-state index in [1.54, 1.807) is 6.92 Å². The molecule has 0 unspecified atom stereocenters. The summed E-state index contributed by atoms with van der Waals surface area (Å²) in [5, 5.41) is 0. The molecule has 11 heavy (non-hydrogen) atoms. The summed E-state index contributed by atoms with van der Waals surface area (Å²) in [6.07, 6.45) is 0.580. The Labute approximate surface area is 64.8 Å². The highest BCUT2D eigenvalue weighted by Gasteiger charge is 1.96. The van der Waals surface area contributed by atoms with Gasteiger partial charge in [0.2, 0.25) is 0 Å². The number of esters is 1. The largest absolute Gasteiger partial charge is 0.469 e. The van der Waals surface area contributed by atoms with Crippen molar-refractivity contribution in [2.45, 2.75) is 13.3 Å². The van der Waals surface area contributed by atoms with Gasteiger partial charge in [-0.1, -0.05) is 12.2 Å². The SMILES string of the molecule is C=C(C)CC(=O)OC.O=C=O. The van der Waals surface area contributed by atoms with E-state index in [-0.39, 0.29) is 12.1 Å². The second-order valence-electron chi connectivity index (χ2n) is 1.79. The fraction of sp³-hybridized carbons (Fsp3) is 0.429. The highest BCUT2D eigenvalue weighted by atomic mass is 16.5. The molecule has 0 heterocycles. The molecule has 0 saturated heterocycles. The van der Waals surface area contributed by atoms with Gasteiger partial charge in [-0.3, -0.25) is 4.79 Å². The van der Waals surface area contributed by atoms with Crippen LogP contribution in [-0.4, -0.2) is 19.2 Å². The lowest BCUT2D eigenvalue weighted by Crippen LogP contribution is -1.98. The molecule has 62 valence electrons. The number of carbonyl (C=O) groups excluding carboxylic acids is 3. The third kappa shape index (κ3) is 17.7. The molecule has 4 nitrogen and oxygen atoms in total. The van der Waals surface area contributed by atoms with Gasteiger partial charge in [-0.2, -0.15) is 9.59 Å². The van der Waals surface area contributed by atoms with E-state index in [1.807, 2.05) is 0 Å². The topological polar surface area (TPSA) is 60.4 Å². The Morgan fingerprint density at radius 3 is 2.00 bits per heavy atom. The first-order chi connectivity index (χ1) is 5.08. The molecule has 0 radical (unpaired) electrons. The Bertz CT molecular complexity index is 165. The van der Waals surface area contributed by atoms with Crippen molar-refractivity contribution in [3.8, 4) is 0 Å². The van der Waals surface area contributed by atoms with Crippen molar-refractivity contribution in [1.82, 2.24) is 0 Å². The summed E-state index contributed by atoms with van der Waals surface area (Å²) in [5.74, 6) is -0.225. The van der Waals surface area contributed by atoms with Gasteiger partial charge in [-0.25, -0.2) is 0 Å². The van der Waals surface area contributed by atoms with Crippen molar-refractivity contribution in [3.05, 3.63) is 12.2 Å². The molecule has 0 saturated carbocycles. The number of carbonyl (C=O) groups is 1. The van der Waals surface area contributed by atoms with Gasteiger partial charge in [0, 0.05) is 0 Å². The summed E-state index contributed by atoms with van der Waals surface area (Å²) in [4.78, 5) is 26.6. The maximum atomic E-state index is 10.3. The smallest absolute Gasteiger partial charge is 0.373 e. The van der Waals surface area contributed by atoms with E-state index in [9.17, 15) is 4.79 Å². The van der Waals surface area contributed by atoms with Crippen LogP contribution in [-0.2, 0) is 19.1 Å². The summed E-state index contributed by atoms with van der Waals surface area (Å²) >= 11 is 0. The predicted molar refractivity (Wildman–Crippen MR) is 36.5 cm³/mol. The third-order valence-corrected chi connectivity index (χ3v) is 0.674. The van der Waals surface area contributed by atoms with Crippen LogP contribution in [0.4, 0.5) is 0 Å². The number of methoxy groups -OCH3 is 1. The van der Waals surface area contributed by atoms with E-state index in [4.69, 9.17) is 9.59 Å². The van der Waals surface area contributed by atoms with Crippen LogP contribution in [0.25, 0.3) is 0 Å². The Kier molecular flexibility index (Phi) is 9.59. The summed E-state index contributed by atoms with van der Waals surface area (Å²) in [6, 6.07) is 0. The molecule has 0 N–H and O–H groups in total. The lowest BCUT2D eigenvalue weighted by molar-refractivity contribution is -0.191. The second kappa shape index (κ2) is 8.59. The van der Waals surface area contributed by atoms with Gasteiger partial charge >= 0.3 is 12.1 Å². The highest BCUT2D eigenvalue weighted by Crippen LogP contribution is 1.95. The normalized spacial score (nSPS) is 6.73. The minimum Gasteiger partial charge on any atom is -0.469 e. The van der Waals surface area contributed by atoms with Crippen molar-refractivity contribution in [3.63, 3.8) is 0 Å². The van der Waals surface area contributed by atoms with E-state index >= 15 is 0 Å². The zero-order valence-corrected chi connectivity index (χ0v) is 6.55. The minimum absolute atomic E-state index is 0.225. The number of hydrogen-bond acceptors (Lipinski definition) is 4. The van der Waals surface area contributed by atoms with E-state index in [0.717, 1.165) is 5.57 Å². The first-order valence-electron chi connectivity index (χ1n) is 2.79. The second-order valence-corrected chi connectivity index (χ2v) is 1.79. The molecule has 4 heteroatoms. The van der Waals surface area contributed by atoms with Crippen LogP contribution in [0, 0.1) is 0 Å². The monoisotopic (exact) mass is 158 g/mol. The van der Waals surface area contributed by atoms with Crippen molar-refractivity contribution in [2.24, 2.45) is 0 Å². The molecule has 0 rings (SSSR count). The molecule has 0 amide bonds. The lowest BCUT2D eigenvalue weighted by Gasteiger charge is -1.94. The maximum Gasteiger partial charge on any atom is 0.373 e. The molecule has 0 aromatic carbocycles. The molecular weight excluding hydrogens is 148 g/mol. The molecular formula is C7H10O4. The van der Waals surface area contributed by atoms with Crippen LogP contribution in [0.1, 0.15) is 13.3 Å². The fourth-order valence-corrected chi connectivity index (χ4v) is 0.319. The van der Waals surface area contributed by atoms with E-state index in [1.165, 1.54) is 7.11 Å². The summed E-state index contributed by atoms with van der Waals surface area (Å²) in [7, 11) is 1.37. The zero-order chi connectivity index (χ0) is 9.28. The van der Waals surface area contributed by atoms with Crippen LogP contribution in [0.2, 0.25) is 0 Å². The first-order valence-corrected chi connectivity index (χ1v) is 2.79. The summed E-state index contributed by atoms with van der Waals surface area (Å²) < 4.78 is 4.36. The van der Waals surface area contributed by atoms with Gasteiger partial charge in [0.15, 0.2) is 0 Å². The van der Waals surface area contributed by atoms with Gasteiger partial charge < -0.3 is 4.74 Å². The van der Waals surface area contributed by atoms with Crippen molar-refractivity contribution in [1.29, 1.82) is 0 Å². The van der Waals surface area contributed by atoms with Crippen molar-refractivity contribution >= 4 is 12.1 Å². The molecule has 0 aliphatic rings. The zero-order valence-electron chi connectivity index (χ0n) is 6.55. The van der Waals surface area contributed by atoms with E-state index in [0.29, 0.717) is 6.42 Å². The molecule has 0 bridgehead atoms. The quantitative estimate of drug-likeness (QED) is 0.434. The maximum absolute atomic E-state index is 10.3. The van der Waals surface area contributed by atoms with Gasteiger partial charge in [0.1, 0.15) is 0 Å². The average Bonchev–Trinajstić information content (AvgIpc) is 1.88. The summed E-state index contributed by atoms with van der Waals surface area (Å²) in [5.41, 5.74) is 0.830. The third-order valence-electron chi connectivity index (χ3n) is 0.674.